The molecule has 0 aromatic heterocycles. The third kappa shape index (κ3) is 2.66. The van der Waals surface area contributed by atoms with E-state index in [-0.39, 0.29) is 18.1 Å². The third-order valence-electron chi connectivity index (χ3n) is 2.37. The lowest BCUT2D eigenvalue weighted by Gasteiger charge is -2.25. The van der Waals surface area contributed by atoms with Crippen molar-refractivity contribution in [3.05, 3.63) is 29.6 Å². The van der Waals surface area contributed by atoms with E-state index < -0.39 is 33.5 Å². The molecule has 18 heavy (non-hydrogen) atoms. The van der Waals surface area contributed by atoms with Gasteiger partial charge in [-0.05, 0) is 18.2 Å². The molecule has 0 atom stereocenters. The molecule has 1 saturated heterocycles. The molecule has 0 aliphatic carbocycles. The van der Waals surface area contributed by atoms with Crippen LogP contribution in [-0.4, -0.2) is 33.7 Å². The number of hydrogen-bond donors (Lipinski definition) is 1. The van der Waals surface area contributed by atoms with Gasteiger partial charge in [-0.15, -0.1) is 0 Å². The highest BCUT2D eigenvalue weighted by Gasteiger charge is 2.25. The van der Waals surface area contributed by atoms with E-state index in [4.69, 9.17) is 14.6 Å². The van der Waals surface area contributed by atoms with Crippen LogP contribution in [0.4, 0.5) is 4.39 Å². The lowest BCUT2D eigenvalue weighted by molar-refractivity contribution is -0.103. The van der Waals surface area contributed by atoms with Gasteiger partial charge >= 0.3 is 5.97 Å². The van der Waals surface area contributed by atoms with Crippen LogP contribution < -0.4 is 5.14 Å². The molecule has 1 fully saturated rings. The molecule has 0 saturated carbocycles. The second-order valence-corrected chi connectivity index (χ2v) is 5.31. The van der Waals surface area contributed by atoms with Crippen molar-refractivity contribution in [3.8, 4) is 0 Å². The van der Waals surface area contributed by atoms with Gasteiger partial charge in [0.2, 0.25) is 10.0 Å². The largest absolute Gasteiger partial charge is 0.454 e. The van der Waals surface area contributed by atoms with Crippen LogP contribution in [0.3, 0.4) is 0 Å². The Balaban J connectivity index is 2.28. The molecular formula is C10H10FNO5S. The van der Waals surface area contributed by atoms with Crippen molar-refractivity contribution < 1.29 is 27.1 Å². The lowest BCUT2D eigenvalue weighted by atomic mass is 10.2. The van der Waals surface area contributed by atoms with Gasteiger partial charge in [0.05, 0.1) is 23.7 Å². The highest BCUT2D eigenvalue weighted by Crippen LogP contribution is 2.17. The minimum atomic E-state index is -3.99. The summed E-state index contributed by atoms with van der Waals surface area (Å²) < 4.78 is 45.3. The Hall–Kier alpha value is -1.51. The minimum absolute atomic E-state index is 0.252. The first-order chi connectivity index (χ1) is 8.38. The van der Waals surface area contributed by atoms with E-state index in [1.807, 2.05) is 0 Å². The van der Waals surface area contributed by atoms with E-state index in [1.54, 1.807) is 0 Å². The lowest BCUT2D eigenvalue weighted by Crippen LogP contribution is -2.38. The molecule has 1 heterocycles. The van der Waals surface area contributed by atoms with Crippen LogP contribution in [0.15, 0.2) is 23.1 Å². The SMILES string of the molecule is NS(=O)(=O)c1ccc(F)c(C(=O)OC2COC2)c1. The van der Waals surface area contributed by atoms with Gasteiger partial charge in [-0.25, -0.2) is 22.7 Å². The van der Waals surface area contributed by atoms with Crippen molar-refractivity contribution >= 4 is 16.0 Å². The standard InChI is InChI=1S/C10H10FNO5S/c11-9-2-1-7(18(12,14)15)3-8(9)10(13)17-6-4-16-5-6/h1-3,6H,4-5H2,(H2,12,14,15). The van der Waals surface area contributed by atoms with Gasteiger partial charge in [-0.3, -0.25) is 0 Å². The fourth-order valence-electron chi connectivity index (χ4n) is 1.33. The molecule has 0 amide bonds. The normalized spacial score (nSPS) is 16.1. The summed E-state index contributed by atoms with van der Waals surface area (Å²) in [5.74, 6) is -1.81. The van der Waals surface area contributed by atoms with Gasteiger partial charge in [0.25, 0.3) is 0 Å². The zero-order valence-electron chi connectivity index (χ0n) is 9.13. The Morgan fingerprint density at radius 1 is 1.44 bits per heavy atom. The Morgan fingerprint density at radius 3 is 2.61 bits per heavy atom. The van der Waals surface area contributed by atoms with Crippen molar-refractivity contribution in [2.45, 2.75) is 11.0 Å². The van der Waals surface area contributed by atoms with Crippen LogP contribution in [0.1, 0.15) is 10.4 Å². The fraction of sp³-hybridized carbons (Fsp3) is 0.300. The summed E-state index contributed by atoms with van der Waals surface area (Å²) in [6.45, 7) is 0.504. The van der Waals surface area contributed by atoms with Crippen LogP contribution in [0.2, 0.25) is 0 Å². The van der Waals surface area contributed by atoms with Gasteiger partial charge in [-0.2, -0.15) is 0 Å². The first kappa shape index (κ1) is 12.9. The number of esters is 1. The van der Waals surface area contributed by atoms with Crippen LogP contribution in [0.25, 0.3) is 0 Å². The van der Waals surface area contributed by atoms with Crippen LogP contribution in [0.5, 0.6) is 0 Å². The number of hydrogen-bond acceptors (Lipinski definition) is 5. The number of carbonyl (C=O) groups excluding carboxylic acids is 1. The highest BCUT2D eigenvalue weighted by molar-refractivity contribution is 7.89. The second-order valence-electron chi connectivity index (χ2n) is 3.75. The quantitative estimate of drug-likeness (QED) is 0.785. The first-order valence-electron chi connectivity index (χ1n) is 4.99. The van der Waals surface area contributed by atoms with E-state index in [0.29, 0.717) is 0 Å². The summed E-state index contributed by atoms with van der Waals surface area (Å²) in [6.07, 6.45) is -0.421. The Morgan fingerprint density at radius 2 is 2.11 bits per heavy atom. The molecule has 1 aromatic carbocycles. The van der Waals surface area contributed by atoms with Crippen LogP contribution in [-0.2, 0) is 19.5 Å². The van der Waals surface area contributed by atoms with Gasteiger partial charge in [0.15, 0.2) is 0 Å². The van der Waals surface area contributed by atoms with E-state index in [2.05, 4.69) is 0 Å². The topological polar surface area (TPSA) is 95.7 Å². The van der Waals surface area contributed by atoms with Gasteiger partial charge in [-0.1, -0.05) is 0 Å². The van der Waals surface area contributed by atoms with Gasteiger partial charge in [0.1, 0.15) is 11.9 Å². The third-order valence-corrected chi connectivity index (χ3v) is 3.28. The number of primary sulfonamides is 1. The van der Waals surface area contributed by atoms with Crippen molar-refractivity contribution in [1.82, 2.24) is 0 Å². The van der Waals surface area contributed by atoms with E-state index in [0.717, 1.165) is 18.2 Å². The first-order valence-corrected chi connectivity index (χ1v) is 6.53. The predicted molar refractivity (Wildman–Crippen MR) is 57.8 cm³/mol. The Labute approximate surface area is 103 Å². The maximum atomic E-state index is 13.4. The average molecular weight is 275 g/mol. The van der Waals surface area contributed by atoms with Crippen molar-refractivity contribution in [1.29, 1.82) is 0 Å². The number of ether oxygens (including phenoxy) is 2. The molecule has 6 nitrogen and oxygen atoms in total. The molecule has 0 radical (unpaired) electrons. The molecule has 0 unspecified atom stereocenters. The molecule has 2 rings (SSSR count). The Kier molecular flexibility index (Phi) is 3.33. The molecule has 98 valence electrons. The van der Waals surface area contributed by atoms with Crippen molar-refractivity contribution in [2.75, 3.05) is 13.2 Å². The number of carbonyl (C=O) groups is 1. The van der Waals surface area contributed by atoms with E-state index in [9.17, 15) is 17.6 Å². The summed E-state index contributed by atoms with van der Waals surface area (Å²) in [5.41, 5.74) is -0.464. The Bertz CT molecular complexity index is 582. The summed E-state index contributed by atoms with van der Waals surface area (Å²) in [5, 5.41) is 4.89. The highest BCUT2D eigenvalue weighted by atomic mass is 32.2. The second kappa shape index (κ2) is 4.63. The smallest absolute Gasteiger partial charge is 0.341 e. The van der Waals surface area contributed by atoms with Crippen molar-refractivity contribution in [2.24, 2.45) is 5.14 Å². The molecule has 1 aromatic rings. The van der Waals surface area contributed by atoms with Gasteiger partial charge < -0.3 is 9.47 Å². The van der Waals surface area contributed by atoms with Gasteiger partial charge in [0, 0.05) is 0 Å². The van der Waals surface area contributed by atoms with Crippen LogP contribution in [0, 0.1) is 5.82 Å². The zero-order valence-corrected chi connectivity index (χ0v) is 9.94. The number of benzene rings is 1. The van der Waals surface area contributed by atoms with E-state index >= 15 is 0 Å². The fourth-order valence-corrected chi connectivity index (χ4v) is 1.87. The summed E-state index contributed by atoms with van der Waals surface area (Å²) in [7, 11) is -3.99. The number of sulfonamides is 1. The summed E-state index contributed by atoms with van der Waals surface area (Å²) >= 11 is 0. The minimum Gasteiger partial charge on any atom is -0.454 e. The maximum Gasteiger partial charge on any atom is 0.341 e. The van der Waals surface area contributed by atoms with Crippen LogP contribution >= 0.6 is 0 Å². The molecule has 2 N–H and O–H groups in total. The molecule has 1 aliphatic heterocycles. The van der Waals surface area contributed by atoms with E-state index in [1.165, 1.54) is 0 Å². The molecular weight excluding hydrogens is 265 g/mol. The number of nitrogens with two attached hydrogens (primary N) is 1. The predicted octanol–water partition coefficient (Wildman–Crippen LogP) is 0.0287. The number of halogens is 1. The molecule has 0 spiro atoms. The maximum absolute atomic E-state index is 13.4. The number of rotatable bonds is 3. The molecule has 1 aliphatic rings. The monoisotopic (exact) mass is 275 g/mol. The summed E-state index contributed by atoms with van der Waals surface area (Å²) in [6, 6.07) is 2.69. The molecule has 8 heteroatoms. The average Bonchev–Trinajstić information content (AvgIpc) is 2.22. The zero-order chi connectivity index (χ0) is 13.3. The van der Waals surface area contributed by atoms with Crippen molar-refractivity contribution in [3.63, 3.8) is 0 Å². The molecule has 0 bridgehead atoms. The summed E-state index contributed by atoms with van der Waals surface area (Å²) in [4.78, 5) is 11.2.